The fraction of sp³-hybridized carbons (Fsp3) is 0.500. The number of hydrogen-bond donors (Lipinski definition) is 1. The summed E-state index contributed by atoms with van der Waals surface area (Å²) in [5.74, 6) is 0. The molecule has 0 aliphatic carbocycles. The lowest BCUT2D eigenvalue weighted by molar-refractivity contribution is 0.675. The van der Waals surface area contributed by atoms with Crippen LogP contribution in [0.15, 0.2) is 35.1 Å². The summed E-state index contributed by atoms with van der Waals surface area (Å²) in [6, 6.07) is 2.62. The first-order valence-corrected chi connectivity index (χ1v) is 5.80. The van der Waals surface area contributed by atoms with Gasteiger partial charge in [-0.25, -0.2) is 0 Å². The second kappa shape index (κ2) is 7.76. The molecule has 0 spiro atoms. The average Bonchev–Trinajstić information content (AvgIpc) is 2.26. The van der Waals surface area contributed by atoms with Crippen LogP contribution in [0.1, 0.15) is 41.0 Å². The van der Waals surface area contributed by atoms with Gasteiger partial charge in [-0.15, -0.1) is 0 Å². The van der Waals surface area contributed by atoms with E-state index in [1.165, 1.54) is 0 Å². The van der Waals surface area contributed by atoms with Gasteiger partial charge in [0.1, 0.15) is 0 Å². The minimum atomic E-state index is 0.364. The van der Waals surface area contributed by atoms with Gasteiger partial charge in [-0.2, -0.15) is 5.26 Å². The van der Waals surface area contributed by atoms with E-state index in [-0.39, 0.29) is 0 Å². The Labute approximate surface area is 99.4 Å². The predicted octanol–water partition coefficient (Wildman–Crippen LogP) is 3.69. The summed E-state index contributed by atoms with van der Waals surface area (Å²) in [5.41, 5.74) is 2.76. The second-order valence-electron chi connectivity index (χ2n) is 3.84. The molecular weight excluding hydrogens is 196 g/mol. The zero-order chi connectivity index (χ0) is 12.6. The highest BCUT2D eigenvalue weighted by Crippen LogP contribution is 2.18. The van der Waals surface area contributed by atoms with Crippen LogP contribution in [0.5, 0.6) is 0 Å². The highest BCUT2D eigenvalue weighted by molar-refractivity contribution is 5.52. The van der Waals surface area contributed by atoms with E-state index in [2.05, 4.69) is 25.2 Å². The van der Waals surface area contributed by atoms with Gasteiger partial charge in [0.05, 0.1) is 11.6 Å². The standard InChI is InChI=1S/C14H22N2/c1-6-9-12(10-15)13(7-2)14(8-3)16-11(4)5/h7-9,11,16H,6H2,1-5H3/b12-9+,13-7+,14-8+. The van der Waals surface area contributed by atoms with Crippen molar-refractivity contribution in [2.45, 2.75) is 47.1 Å². The van der Waals surface area contributed by atoms with Crippen molar-refractivity contribution < 1.29 is 0 Å². The van der Waals surface area contributed by atoms with Gasteiger partial charge in [-0.05, 0) is 34.1 Å². The molecule has 0 aromatic carbocycles. The molecule has 0 rings (SSSR count). The van der Waals surface area contributed by atoms with E-state index in [0.29, 0.717) is 6.04 Å². The largest absolute Gasteiger partial charge is 0.383 e. The summed E-state index contributed by atoms with van der Waals surface area (Å²) >= 11 is 0. The summed E-state index contributed by atoms with van der Waals surface area (Å²) in [6.07, 6.45) is 6.82. The summed E-state index contributed by atoms with van der Waals surface area (Å²) in [5, 5.41) is 12.5. The summed E-state index contributed by atoms with van der Waals surface area (Å²) < 4.78 is 0. The van der Waals surface area contributed by atoms with Crippen molar-refractivity contribution in [3.8, 4) is 6.07 Å². The summed E-state index contributed by atoms with van der Waals surface area (Å²) in [4.78, 5) is 0. The lowest BCUT2D eigenvalue weighted by atomic mass is 10.0. The maximum atomic E-state index is 9.12. The Kier molecular flexibility index (Phi) is 7.03. The molecule has 0 bridgehead atoms. The van der Waals surface area contributed by atoms with Crippen LogP contribution >= 0.6 is 0 Å². The van der Waals surface area contributed by atoms with Crippen molar-refractivity contribution in [2.75, 3.05) is 0 Å². The van der Waals surface area contributed by atoms with Crippen molar-refractivity contribution in [1.82, 2.24) is 5.32 Å². The molecule has 0 atom stereocenters. The molecule has 0 amide bonds. The topological polar surface area (TPSA) is 35.8 Å². The summed E-state index contributed by atoms with van der Waals surface area (Å²) in [7, 11) is 0. The first-order valence-electron chi connectivity index (χ1n) is 5.80. The Morgan fingerprint density at radius 3 is 2.25 bits per heavy atom. The molecule has 2 nitrogen and oxygen atoms in total. The molecule has 2 heteroatoms. The smallest absolute Gasteiger partial charge is 0.0995 e. The monoisotopic (exact) mass is 218 g/mol. The third-order valence-electron chi connectivity index (χ3n) is 2.13. The molecule has 0 unspecified atom stereocenters. The van der Waals surface area contributed by atoms with E-state index in [0.717, 1.165) is 23.3 Å². The van der Waals surface area contributed by atoms with Crippen molar-refractivity contribution in [3.63, 3.8) is 0 Å². The molecule has 1 N–H and O–H groups in total. The van der Waals surface area contributed by atoms with E-state index in [4.69, 9.17) is 5.26 Å². The third kappa shape index (κ3) is 4.35. The van der Waals surface area contributed by atoms with E-state index in [1.807, 2.05) is 39.0 Å². The van der Waals surface area contributed by atoms with Crippen molar-refractivity contribution in [2.24, 2.45) is 0 Å². The van der Waals surface area contributed by atoms with E-state index in [1.54, 1.807) is 0 Å². The molecule has 0 aliphatic heterocycles. The van der Waals surface area contributed by atoms with Crippen LogP contribution in [0.4, 0.5) is 0 Å². The lowest BCUT2D eigenvalue weighted by Crippen LogP contribution is -2.23. The Hall–Kier alpha value is -1.49. The SMILES string of the molecule is C\C=C(NC(C)C)/C(=C/C)C(/C#N)=C/CC. The molecule has 0 aromatic rings. The molecule has 88 valence electrons. The van der Waals surface area contributed by atoms with Crippen molar-refractivity contribution in [3.05, 3.63) is 35.1 Å². The molecule has 0 radical (unpaired) electrons. The number of nitriles is 1. The number of rotatable bonds is 5. The molecule has 0 aromatic heterocycles. The maximum Gasteiger partial charge on any atom is 0.0995 e. The van der Waals surface area contributed by atoms with Gasteiger partial charge in [0.25, 0.3) is 0 Å². The van der Waals surface area contributed by atoms with Gasteiger partial charge >= 0.3 is 0 Å². The van der Waals surface area contributed by atoms with Crippen LogP contribution in [0.25, 0.3) is 0 Å². The van der Waals surface area contributed by atoms with Crippen LogP contribution < -0.4 is 5.32 Å². The van der Waals surface area contributed by atoms with E-state index >= 15 is 0 Å². The maximum absolute atomic E-state index is 9.12. The third-order valence-corrected chi connectivity index (χ3v) is 2.13. The number of hydrogen-bond acceptors (Lipinski definition) is 2. The second-order valence-corrected chi connectivity index (χ2v) is 3.84. The molecule has 0 saturated heterocycles. The van der Waals surface area contributed by atoms with E-state index in [9.17, 15) is 0 Å². The highest BCUT2D eigenvalue weighted by atomic mass is 14.9. The molecule has 0 aliphatic rings. The first-order chi connectivity index (χ1) is 7.60. The van der Waals surface area contributed by atoms with Crippen LogP contribution in [-0.4, -0.2) is 6.04 Å². The Morgan fingerprint density at radius 2 is 1.94 bits per heavy atom. The van der Waals surface area contributed by atoms with Crippen LogP contribution in [0, 0.1) is 11.3 Å². The van der Waals surface area contributed by atoms with Gasteiger partial charge in [-0.1, -0.05) is 25.2 Å². The minimum Gasteiger partial charge on any atom is -0.383 e. The molecule has 0 fully saturated rings. The van der Waals surface area contributed by atoms with Gasteiger partial charge in [0, 0.05) is 17.3 Å². The normalized spacial score (nSPS) is 13.9. The molecule has 0 heterocycles. The van der Waals surface area contributed by atoms with Crippen LogP contribution in [0.3, 0.4) is 0 Å². The van der Waals surface area contributed by atoms with Gasteiger partial charge in [-0.3, -0.25) is 0 Å². The Bertz CT molecular complexity index is 338. The van der Waals surface area contributed by atoms with Crippen LogP contribution in [0.2, 0.25) is 0 Å². The number of nitrogens with zero attached hydrogens (tertiary/aromatic N) is 1. The first kappa shape index (κ1) is 14.5. The van der Waals surface area contributed by atoms with Crippen molar-refractivity contribution in [1.29, 1.82) is 5.26 Å². The molecule has 16 heavy (non-hydrogen) atoms. The fourth-order valence-corrected chi connectivity index (χ4v) is 1.50. The number of allylic oxidation sites excluding steroid dienone is 4. The lowest BCUT2D eigenvalue weighted by Gasteiger charge is -2.16. The Morgan fingerprint density at radius 1 is 1.31 bits per heavy atom. The zero-order valence-corrected chi connectivity index (χ0v) is 11.0. The number of nitrogens with one attached hydrogen (secondary N) is 1. The van der Waals surface area contributed by atoms with Gasteiger partial charge in [0.15, 0.2) is 0 Å². The van der Waals surface area contributed by atoms with Crippen molar-refractivity contribution >= 4 is 0 Å². The quantitative estimate of drug-likeness (QED) is 0.564. The van der Waals surface area contributed by atoms with Crippen LogP contribution in [-0.2, 0) is 0 Å². The van der Waals surface area contributed by atoms with E-state index < -0.39 is 0 Å². The van der Waals surface area contributed by atoms with Gasteiger partial charge < -0.3 is 5.32 Å². The minimum absolute atomic E-state index is 0.364. The molecule has 0 saturated carbocycles. The zero-order valence-electron chi connectivity index (χ0n) is 11.0. The fourth-order valence-electron chi connectivity index (χ4n) is 1.50. The molecular formula is C14H22N2. The summed E-state index contributed by atoms with van der Waals surface area (Å²) in [6.45, 7) is 10.2. The highest BCUT2D eigenvalue weighted by Gasteiger charge is 2.09. The predicted molar refractivity (Wildman–Crippen MR) is 69.8 cm³/mol. The van der Waals surface area contributed by atoms with Gasteiger partial charge in [0.2, 0.25) is 0 Å². The Balaban J connectivity index is 5.14. The average molecular weight is 218 g/mol.